The molecule has 5 heterocycles. The third-order valence-electron chi connectivity index (χ3n) is 5.85. The molecule has 0 unspecified atom stereocenters. The predicted octanol–water partition coefficient (Wildman–Crippen LogP) is 5.33. The summed E-state index contributed by atoms with van der Waals surface area (Å²) in [6.45, 7) is 1.98. The van der Waals surface area contributed by atoms with Gasteiger partial charge in [0, 0.05) is 36.1 Å². The minimum atomic E-state index is 0.382. The topological polar surface area (TPSA) is 87.7 Å². The van der Waals surface area contributed by atoms with Gasteiger partial charge in [0.05, 0.1) is 10.2 Å². The summed E-state index contributed by atoms with van der Waals surface area (Å²) >= 11 is 1.66. The summed E-state index contributed by atoms with van der Waals surface area (Å²) in [5.41, 5.74) is 4.07. The lowest BCUT2D eigenvalue weighted by molar-refractivity contribution is 0.789. The Kier molecular flexibility index (Phi) is 5.58. The van der Waals surface area contributed by atoms with Gasteiger partial charge in [0.2, 0.25) is 0 Å². The van der Waals surface area contributed by atoms with Gasteiger partial charge in [0.15, 0.2) is 5.82 Å². The molecule has 8 heteroatoms. The van der Waals surface area contributed by atoms with Crippen LogP contribution in [0, 0.1) is 0 Å². The van der Waals surface area contributed by atoms with E-state index in [0.717, 1.165) is 58.1 Å². The van der Waals surface area contributed by atoms with Crippen LogP contribution < -0.4 is 16.0 Å². The fourth-order valence-corrected chi connectivity index (χ4v) is 4.88. The molecule has 0 saturated carbocycles. The molecule has 3 N–H and O–H groups in total. The molecule has 5 aromatic rings. The van der Waals surface area contributed by atoms with Gasteiger partial charge >= 0.3 is 0 Å². The Labute approximate surface area is 201 Å². The van der Waals surface area contributed by atoms with Crippen LogP contribution in [0.1, 0.15) is 6.42 Å². The molecule has 6 rings (SSSR count). The lowest BCUT2D eigenvalue weighted by Crippen LogP contribution is -2.22. The quantitative estimate of drug-likeness (QED) is 0.312. The van der Waals surface area contributed by atoms with E-state index >= 15 is 0 Å². The largest absolute Gasteiger partial charge is 0.365 e. The van der Waals surface area contributed by atoms with Crippen LogP contribution in [0.15, 0.2) is 78.4 Å². The summed E-state index contributed by atoms with van der Waals surface area (Å²) < 4.78 is 1.09. The van der Waals surface area contributed by atoms with E-state index in [1.54, 1.807) is 17.5 Å². The molecule has 0 aliphatic carbocycles. The Morgan fingerprint density at radius 3 is 2.65 bits per heavy atom. The van der Waals surface area contributed by atoms with Crippen LogP contribution in [-0.4, -0.2) is 39.1 Å². The number of hydrogen-bond donors (Lipinski definition) is 3. The van der Waals surface area contributed by atoms with Crippen molar-refractivity contribution < 1.29 is 0 Å². The molecule has 168 valence electrons. The zero-order valence-electron chi connectivity index (χ0n) is 18.4. The van der Waals surface area contributed by atoms with Crippen molar-refractivity contribution in [1.29, 1.82) is 0 Å². The molecule has 1 fully saturated rings. The first-order chi connectivity index (χ1) is 16.8. The minimum Gasteiger partial charge on any atom is -0.365 e. The Hall–Kier alpha value is -3.88. The van der Waals surface area contributed by atoms with Gasteiger partial charge in [0.25, 0.3) is 0 Å². The van der Waals surface area contributed by atoms with Gasteiger partial charge in [-0.05, 0) is 54.2 Å². The molecule has 1 saturated heterocycles. The number of pyridine rings is 2. The van der Waals surface area contributed by atoms with Crippen molar-refractivity contribution in [2.45, 2.75) is 12.5 Å². The lowest BCUT2D eigenvalue weighted by Gasteiger charge is -2.14. The van der Waals surface area contributed by atoms with Crippen LogP contribution in [0.25, 0.3) is 32.7 Å². The molecule has 7 nitrogen and oxygen atoms in total. The molecule has 34 heavy (non-hydrogen) atoms. The number of thiophene rings is 1. The first-order valence-corrected chi connectivity index (χ1v) is 12.2. The summed E-state index contributed by atoms with van der Waals surface area (Å²) in [6, 6.07) is 20.5. The number of anilines is 3. The average Bonchev–Trinajstić information content (AvgIpc) is 3.57. The number of nitrogens with one attached hydrogen (secondary N) is 3. The highest BCUT2D eigenvalue weighted by atomic mass is 32.1. The van der Waals surface area contributed by atoms with E-state index in [0.29, 0.717) is 17.7 Å². The molecular formula is C26H23N7S. The Morgan fingerprint density at radius 2 is 1.82 bits per heavy atom. The predicted molar refractivity (Wildman–Crippen MR) is 138 cm³/mol. The highest BCUT2D eigenvalue weighted by Crippen LogP contribution is 2.30. The molecule has 4 aromatic heterocycles. The van der Waals surface area contributed by atoms with Crippen LogP contribution in [0.5, 0.6) is 0 Å². The van der Waals surface area contributed by atoms with Crippen LogP contribution in [0.3, 0.4) is 0 Å². The average molecular weight is 466 g/mol. The van der Waals surface area contributed by atoms with E-state index in [4.69, 9.17) is 9.97 Å². The fourth-order valence-electron chi connectivity index (χ4n) is 4.10. The number of nitrogens with zero attached hydrogens (tertiary/aromatic N) is 4. The Balaban J connectivity index is 1.26. The Morgan fingerprint density at radius 1 is 0.882 bits per heavy atom. The SMILES string of the molecule is c1ccc(-c2ccc(Nc3cc(-c4nc(N[C@@H]5CCNC5)c5sccc5n4)ccn3)nc2)cc1. The highest BCUT2D eigenvalue weighted by Gasteiger charge is 2.18. The van der Waals surface area contributed by atoms with Crippen molar-refractivity contribution in [3.8, 4) is 22.5 Å². The van der Waals surface area contributed by atoms with Crippen LogP contribution in [0.4, 0.5) is 17.5 Å². The van der Waals surface area contributed by atoms with Crippen LogP contribution in [-0.2, 0) is 0 Å². The van der Waals surface area contributed by atoms with Crippen molar-refractivity contribution in [3.05, 3.63) is 78.4 Å². The number of rotatable bonds is 6. The smallest absolute Gasteiger partial charge is 0.162 e. The summed E-state index contributed by atoms with van der Waals surface area (Å²) in [5.74, 6) is 3.00. The van der Waals surface area contributed by atoms with E-state index in [-0.39, 0.29) is 0 Å². The van der Waals surface area contributed by atoms with Gasteiger partial charge in [-0.15, -0.1) is 11.3 Å². The van der Waals surface area contributed by atoms with Gasteiger partial charge < -0.3 is 16.0 Å². The molecule has 0 radical (unpaired) electrons. The number of benzene rings is 1. The monoisotopic (exact) mass is 465 g/mol. The van der Waals surface area contributed by atoms with E-state index in [9.17, 15) is 0 Å². The van der Waals surface area contributed by atoms with Crippen molar-refractivity contribution in [2.24, 2.45) is 0 Å². The fraction of sp³-hybridized carbons (Fsp3) is 0.154. The van der Waals surface area contributed by atoms with Gasteiger partial charge in [-0.3, -0.25) is 0 Å². The third kappa shape index (κ3) is 4.33. The second-order valence-corrected chi connectivity index (χ2v) is 9.13. The molecule has 1 aromatic carbocycles. The maximum absolute atomic E-state index is 4.89. The van der Waals surface area contributed by atoms with Crippen molar-refractivity contribution in [1.82, 2.24) is 25.3 Å². The standard InChI is InChI=1S/C26H23N7S/c1-2-4-17(5-3-1)19-6-7-22(29-15-19)32-23-14-18(8-12-28-23)25-31-21-10-13-34-24(21)26(33-25)30-20-9-11-27-16-20/h1-8,10,12-15,20,27H,9,11,16H2,(H,28,29,32)(H,30,31,33)/t20-/m1/s1. The summed E-state index contributed by atoms with van der Waals surface area (Å²) in [7, 11) is 0. The summed E-state index contributed by atoms with van der Waals surface area (Å²) in [6.07, 6.45) is 4.72. The minimum absolute atomic E-state index is 0.382. The second kappa shape index (κ2) is 9.17. The zero-order valence-corrected chi connectivity index (χ0v) is 19.2. The molecular weight excluding hydrogens is 442 g/mol. The second-order valence-electron chi connectivity index (χ2n) is 8.22. The number of aromatic nitrogens is 4. The zero-order chi connectivity index (χ0) is 22.7. The molecule has 1 atom stereocenters. The van der Waals surface area contributed by atoms with Gasteiger partial charge in [-0.2, -0.15) is 0 Å². The van der Waals surface area contributed by atoms with E-state index in [1.165, 1.54) is 0 Å². The van der Waals surface area contributed by atoms with Gasteiger partial charge in [0.1, 0.15) is 17.5 Å². The summed E-state index contributed by atoms with van der Waals surface area (Å²) in [5, 5.41) is 12.4. The van der Waals surface area contributed by atoms with E-state index in [1.807, 2.05) is 48.7 Å². The maximum Gasteiger partial charge on any atom is 0.162 e. The van der Waals surface area contributed by atoms with Crippen molar-refractivity contribution in [3.63, 3.8) is 0 Å². The molecule has 0 amide bonds. The highest BCUT2D eigenvalue weighted by molar-refractivity contribution is 7.17. The first kappa shape index (κ1) is 20.7. The molecule has 0 bridgehead atoms. The lowest BCUT2D eigenvalue weighted by atomic mass is 10.1. The van der Waals surface area contributed by atoms with E-state index < -0.39 is 0 Å². The van der Waals surface area contributed by atoms with Crippen molar-refractivity contribution in [2.75, 3.05) is 23.7 Å². The maximum atomic E-state index is 4.89. The molecule has 0 spiro atoms. The molecule has 1 aliphatic rings. The van der Waals surface area contributed by atoms with E-state index in [2.05, 4.69) is 49.5 Å². The van der Waals surface area contributed by atoms with Crippen molar-refractivity contribution >= 4 is 39.0 Å². The first-order valence-electron chi connectivity index (χ1n) is 11.3. The van der Waals surface area contributed by atoms with Crippen LogP contribution >= 0.6 is 11.3 Å². The summed E-state index contributed by atoms with van der Waals surface area (Å²) in [4.78, 5) is 18.7. The Bertz CT molecular complexity index is 1410. The third-order valence-corrected chi connectivity index (χ3v) is 6.76. The van der Waals surface area contributed by atoms with Gasteiger partial charge in [-0.1, -0.05) is 30.3 Å². The van der Waals surface area contributed by atoms with Gasteiger partial charge in [-0.25, -0.2) is 19.9 Å². The van der Waals surface area contributed by atoms with Crippen LogP contribution in [0.2, 0.25) is 0 Å². The normalized spacial score (nSPS) is 15.5. The number of fused-ring (bicyclic) bond motifs is 1. The molecule has 1 aliphatic heterocycles. The number of hydrogen-bond acceptors (Lipinski definition) is 8.